The molecule has 0 aliphatic heterocycles. The van der Waals surface area contributed by atoms with Gasteiger partial charge in [0, 0.05) is 12.1 Å². The van der Waals surface area contributed by atoms with Gasteiger partial charge in [-0.1, -0.05) is 12.1 Å². The van der Waals surface area contributed by atoms with Crippen molar-refractivity contribution >= 4 is 5.91 Å². The van der Waals surface area contributed by atoms with E-state index in [9.17, 15) is 4.79 Å². The van der Waals surface area contributed by atoms with Gasteiger partial charge in [0.1, 0.15) is 0 Å². The van der Waals surface area contributed by atoms with E-state index in [1.165, 1.54) is 0 Å². The van der Waals surface area contributed by atoms with Crippen LogP contribution in [0.4, 0.5) is 0 Å². The van der Waals surface area contributed by atoms with Crippen molar-refractivity contribution in [3.63, 3.8) is 0 Å². The largest absolute Gasteiger partial charge is 0.493 e. The smallest absolute Gasteiger partial charge is 0.234 e. The van der Waals surface area contributed by atoms with Crippen LogP contribution < -0.4 is 20.5 Å². The molecule has 1 aromatic rings. The molecule has 0 radical (unpaired) electrons. The maximum atomic E-state index is 10.9. The highest BCUT2D eigenvalue weighted by Gasteiger charge is 2.12. The van der Waals surface area contributed by atoms with Crippen molar-refractivity contribution < 1.29 is 14.3 Å². The minimum atomic E-state index is -0.383. The van der Waals surface area contributed by atoms with E-state index in [0.717, 1.165) is 5.56 Å². The lowest BCUT2D eigenvalue weighted by Gasteiger charge is -2.14. The molecule has 94 valence electrons. The first-order valence-corrected chi connectivity index (χ1v) is 5.32. The molecule has 5 nitrogen and oxygen atoms in total. The summed E-state index contributed by atoms with van der Waals surface area (Å²) in [6.45, 7) is 2.21. The molecule has 1 amide bonds. The van der Waals surface area contributed by atoms with Crippen LogP contribution in [0.3, 0.4) is 0 Å². The second kappa shape index (κ2) is 6.10. The van der Waals surface area contributed by atoms with Gasteiger partial charge >= 0.3 is 0 Å². The molecule has 5 heteroatoms. The van der Waals surface area contributed by atoms with Crippen LogP contribution in [0.25, 0.3) is 0 Å². The lowest BCUT2D eigenvalue weighted by atomic mass is 10.1. The number of carbonyl (C=O) groups is 1. The second-order valence-electron chi connectivity index (χ2n) is 3.66. The van der Waals surface area contributed by atoms with E-state index in [1.54, 1.807) is 21.1 Å². The van der Waals surface area contributed by atoms with E-state index >= 15 is 0 Å². The number of hydrogen-bond acceptors (Lipinski definition) is 4. The highest BCUT2D eigenvalue weighted by Crippen LogP contribution is 2.30. The van der Waals surface area contributed by atoms with Gasteiger partial charge in [0.2, 0.25) is 5.91 Å². The van der Waals surface area contributed by atoms with Gasteiger partial charge in [-0.2, -0.15) is 0 Å². The molecule has 1 aromatic carbocycles. The zero-order valence-electron chi connectivity index (χ0n) is 10.3. The van der Waals surface area contributed by atoms with Crippen molar-refractivity contribution in [2.75, 3.05) is 14.2 Å². The predicted octanol–water partition coefficient (Wildman–Crippen LogP) is 0.667. The first kappa shape index (κ1) is 13.3. The van der Waals surface area contributed by atoms with Gasteiger partial charge in [0.05, 0.1) is 20.3 Å². The van der Waals surface area contributed by atoms with Gasteiger partial charge in [0.25, 0.3) is 0 Å². The normalized spacial score (nSPS) is 11.9. The molecular formula is C12H18N2O3. The van der Waals surface area contributed by atoms with E-state index in [0.29, 0.717) is 18.0 Å². The van der Waals surface area contributed by atoms with Crippen molar-refractivity contribution in [1.29, 1.82) is 0 Å². The Hall–Kier alpha value is -1.75. The Morgan fingerprint density at radius 3 is 2.65 bits per heavy atom. The molecule has 3 N–H and O–H groups in total. The second-order valence-corrected chi connectivity index (χ2v) is 3.66. The summed E-state index contributed by atoms with van der Waals surface area (Å²) in [6, 6.07) is 5.21. The highest BCUT2D eigenvalue weighted by atomic mass is 16.5. The summed E-state index contributed by atoms with van der Waals surface area (Å²) in [4.78, 5) is 10.9. The van der Waals surface area contributed by atoms with Crippen molar-refractivity contribution in [2.45, 2.75) is 19.5 Å². The fourth-order valence-electron chi connectivity index (χ4n) is 1.46. The number of amides is 1. The molecule has 0 saturated heterocycles. The number of benzene rings is 1. The van der Waals surface area contributed by atoms with Gasteiger partial charge < -0.3 is 20.5 Å². The van der Waals surface area contributed by atoms with E-state index in [1.807, 2.05) is 18.2 Å². The van der Waals surface area contributed by atoms with E-state index in [-0.39, 0.29) is 11.9 Å². The minimum Gasteiger partial charge on any atom is -0.493 e. The number of primary amides is 1. The number of para-hydroxylation sites is 1. The van der Waals surface area contributed by atoms with Gasteiger partial charge in [-0.05, 0) is 13.0 Å². The molecule has 1 rings (SSSR count). The van der Waals surface area contributed by atoms with Crippen LogP contribution in [-0.4, -0.2) is 26.2 Å². The first-order valence-electron chi connectivity index (χ1n) is 5.32. The van der Waals surface area contributed by atoms with Crippen molar-refractivity contribution in [3.8, 4) is 11.5 Å². The Kier molecular flexibility index (Phi) is 4.78. The number of ether oxygens (including phenoxy) is 2. The van der Waals surface area contributed by atoms with Crippen molar-refractivity contribution in [3.05, 3.63) is 23.8 Å². The zero-order chi connectivity index (χ0) is 12.8. The lowest BCUT2D eigenvalue weighted by molar-refractivity contribution is -0.119. The van der Waals surface area contributed by atoms with E-state index in [2.05, 4.69) is 5.32 Å². The summed E-state index contributed by atoms with van der Waals surface area (Å²) in [5.74, 6) is 0.949. The molecule has 0 aliphatic rings. The average molecular weight is 238 g/mol. The molecule has 0 bridgehead atoms. The summed E-state index contributed by atoms with van der Waals surface area (Å²) < 4.78 is 10.5. The number of methoxy groups -OCH3 is 2. The summed E-state index contributed by atoms with van der Waals surface area (Å²) in [5.41, 5.74) is 6.09. The average Bonchev–Trinajstić information content (AvgIpc) is 2.34. The highest BCUT2D eigenvalue weighted by molar-refractivity contribution is 5.79. The number of hydrogen-bond donors (Lipinski definition) is 2. The maximum absolute atomic E-state index is 10.9. The van der Waals surface area contributed by atoms with E-state index in [4.69, 9.17) is 15.2 Å². The molecule has 1 unspecified atom stereocenters. The summed E-state index contributed by atoms with van der Waals surface area (Å²) >= 11 is 0. The third-order valence-corrected chi connectivity index (χ3v) is 2.51. The quantitative estimate of drug-likeness (QED) is 0.764. The van der Waals surface area contributed by atoms with Gasteiger partial charge in [-0.3, -0.25) is 4.79 Å². The third-order valence-electron chi connectivity index (χ3n) is 2.51. The molecule has 0 heterocycles. The summed E-state index contributed by atoms with van der Waals surface area (Å²) in [5, 5.41) is 3.01. The monoisotopic (exact) mass is 238 g/mol. The maximum Gasteiger partial charge on any atom is 0.234 e. The molecule has 0 aromatic heterocycles. The van der Waals surface area contributed by atoms with Gasteiger partial charge in [-0.15, -0.1) is 0 Å². The fraction of sp³-hybridized carbons (Fsp3) is 0.417. The van der Waals surface area contributed by atoms with Crippen molar-refractivity contribution in [1.82, 2.24) is 5.32 Å². The first-order chi connectivity index (χ1) is 8.10. The Balaban J connectivity index is 2.80. The van der Waals surface area contributed by atoms with Crippen LogP contribution >= 0.6 is 0 Å². The van der Waals surface area contributed by atoms with Crippen LogP contribution in [0.15, 0.2) is 18.2 Å². The Labute approximate surface area is 101 Å². The minimum absolute atomic E-state index is 0.383. The van der Waals surface area contributed by atoms with Crippen LogP contribution in [0.5, 0.6) is 11.5 Å². The molecule has 1 atom stereocenters. The number of nitrogens with two attached hydrogens (primary N) is 1. The molecule has 0 fully saturated rings. The molecule has 0 saturated carbocycles. The zero-order valence-corrected chi connectivity index (χ0v) is 10.3. The standard InChI is InChI=1S/C12H18N2O3/c1-8(12(13)15)14-7-9-5-4-6-10(16-2)11(9)17-3/h4-6,8,14H,7H2,1-3H3,(H2,13,15). The number of carbonyl (C=O) groups excluding carboxylic acids is 1. The Bertz CT molecular complexity index is 393. The molecule has 0 spiro atoms. The van der Waals surface area contributed by atoms with Gasteiger partial charge in [-0.25, -0.2) is 0 Å². The van der Waals surface area contributed by atoms with Crippen LogP contribution in [0.1, 0.15) is 12.5 Å². The predicted molar refractivity (Wildman–Crippen MR) is 65.0 cm³/mol. The number of rotatable bonds is 6. The lowest BCUT2D eigenvalue weighted by Crippen LogP contribution is -2.38. The van der Waals surface area contributed by atoms with Gasteiger partial charge in [0.15, 0.2) is 11.5 Å². The molecular weight excluding hydrogens is 220 g/mol. The van der Waals surface area contributed by atoms with E-state index < -0.39 is 0 Å². The summed E-state index contributed by atoms with van der Waals surface area (Å²) in [7, 11) is 3.17. The SMILES string of the molecule is COc1cccc(CNC(C)C(N)=O)c1OC. The van der Waals surface area contributed by atoms with Crippen LogP contribution in [-0.2, 0) is 11.3 Å². The Morgan fingerprint density at radius 1 is 1.41 bits per heavy atom. The van der Waals surface area contributed by atoms with Crippen LogP contribution in [0.2, 0.25) is 0 Å². The van der Waals surface area contributed by atoms with Crippen molar-refractivity contribution in [2.24, 2.45) is 5.73 Å². The Morgan fingerprint density at radius 2 is 2.12 bits per heavy atom. The molecule has 17 heavy (non-hydrogen) atoms. The third kappa shape index (κ3) is 3.35. The fourth-order valence-corrected chi connectivity index (χ4v) is 1.46. The molecule has 0 aliphatic carbocycles. The summed E-state index contributed by atoms with van der Waals surface area (Å²) in [6.07, 6.45) is 0. The van der Waals surface area contributed by atoms with Crippen LogP contribution in [0, 0.1) is 0 Å². The topological polar surface area (TPSA) is 73.6 Å². The number of nitrogens with one attached hydrogen (secondary N) is 1.